The number of rotatable bonds is 11. The Balaban J connectivity index is 1.54. The van der Waals surface area contributed by atoms with E-state index in [9.17, 15) is 8.42 Å². The minimum Gasteiger partial charge on any atom is -0.492 e. The highest BCUT2D eigenvalue weighted by molar-refractivity contribution is 7.89. The average molecular weight is 580 g/mol. The highest BCUT2D eigenvalue weighted by Gasteiger charge is 2.22. The SMILES string of the molecule is CC(NCCOc1ccc([N+](C)(C)C)cc1)c1ccc(N=Nc2cc(Cl)c(S(=O)(=O)N(C)C)cc2Cl)cc1. The maximum atomic E-state index is 12.4. The van der Waals surface area contributed by atoms with Gasteiger partial charge in [-0.2, -0.15) is 5.11 Å². The van der Waals surface area contributed by atoms with Gasteiger partial charge in [-0.05, 0) is 48.9 Å². The molecular formula is C27H34Cl2N5O3S+. The lowest BCUT2D eigenvalue weighted by Gasteiger charge is -2.23. The Labute approximate surface area is 235 Å². The van der Waals surface area contributed by atoms with Crippen LogP contribution in [0.3, 0.4) is 0 Å². The monoisotopic (exact) mass is 578 g/mol. The molecule has 0 aliphatic rings. The van der Waals surface area contributed by atoms with Crippen LogP contribution in [0.1, 0.15) is 18.5 Å². The second-order valence-electron chi connectivity index (χ2n) is 9.84. The van der Waals surface area contributed by atoms with E-state index in [1.165, 1.54) is 31.9 Å². The molecule has 3 aromatic carbocycles. The molecule has 0 aliphatic carbocycles. The number of azo groups is 1. The standard InChI is InChI=1S/C27H34Cl2N5O3S/c1-19(30-15-16-37-23-13-11-22(12-14-23)34(4,5)6)20-7-9-21(10-8-20)31-32-26-17-25(29)27(18-24(26)28)38(35,36)33(2)3/h7-14,17-19,30H,15-16H2,1-6H3/q+1. The Kier molecular flexibility index (Phi) is 9.91. The van der Waals surface area contributed by atoms with Crippen molar-refractivity contribution < 1.29 is 13.2 Å². The van der Waals surface area contributed by atoms with Gasteiger partial charge in [0.2, 0.25) is 10.0 Å². The summed E-state index contributed by atoms with van der Waals surface area (Å²) >= 11 is 12.4. The molecule has 0 saturated carbocycles. The summed E-state index contributed by atoms with van der Waals surface area (Å²) in [5.41, 5.74) is 3.21. The topological polar surface area (TPSA) is 83.4 Å². The predicted molar refractivity (Wildman–Crippen MR) is 156 cm³/mol. The third-order valence-corrected chi connectivity index (χ3v) is 8.44. The van der Waals surface area contributed by atoms with Gasteiger partial charge in [0.15, 0.2) is 0 Å². The molecule has 0 amide bonds. The van der Waals surface area contributed by atoms with Crippen molar-refractivity contribution in [3.63, 3.8) is 0 Å². The normalized spacial score (nSPS) is 13.3. The zero-order valence-corrected chi connectivity index (χ0v) is 24.8. The Morgan fingerprint density at radius 2 is 1.58 bits per heavy atom. The number of halogens is 2. The zero-order chi connectivity index (χ0) is 28.1. The Bertz CT molecular complexity index is 1370. The molecule has 3 rings (SSSR count). The first-order chi connectivity index (χ1) is 17.8. The molecule has 0 fully saturated rings. The first-order valence-corrected chi connectivity index (χ1v) is 14.2. The van der Waals surface area contributed by atoms with E-state index in [4.69, 9.17) is 27.9 Å². The number of ether oxygens (including phenoxy) is 1. The molecule has 1 atom stereocenters. The van der Waals surface area contributed by atoms with E-state index in [0.29, 0.717) is 18.8 Å². The fourth-order valence-electron chi connectivity index (χ4n) is 3.48. The molecule has 0 aromatic heterocycles. The molecule has 0 bridgehead atoms. The van der Waals surface area contributed by atoms with Crippen molar-refractivity contribution in [2.45, 2.75) is 17.9 Å². The quantitative estimate of drug-likeness (QED) is 0.158. The van der Waals surface area contributed by atoms with Gasteiger partial charge >= 0.3 is 0 Å². The lowest BCUT2D eigenvalue weighted by Crippen LogP contribution is -2.34. The minimum atomic E-state index is -3.73. The van der Waals surface area contributed by atoms with Gasteiger partial charge in [-0.15, -0.1) is 5.11 Å². The van der Waals surface area contributed by atoms with Crippen molar-refractivity contribution in [1.82, 2.24) is 14.1 Å². The number of nitrogens with one attached hydrogen (secondary N) is 1. The zero-order valence-electron chi connectivity index (χ0n) is 22.4. The van der Waals surface area contributed by atoms with Crippen LogP contribution in [0.2, 0.25) is 10.0 Å². The Hall–Kier alpha value is -2.53. The summed E-state index contributed by atoms with van der Waals surface area (Å²) in [6, 6.07) is 18.6. The molecule has 0 radical (unpaired) electrons. The van der Waals surface area contributed by atoms with Gasteiger partial charge in [-0.25, -0.2) is 12.7 Å². The van der Waals surface area contributed by atoms with Gasteiger partial charge in [0.05, 0.1) is 36.9 Å². The smallest absolute Gasteiger partial charge is 0.244 e. The van der Waals surface area contributed by atoms with Crippen LogP contribution in [0.15, 0.2) is 75.8 Å². The van der Waals surface area contributed by atoms with Crippen LogP contribution >= 0.6 is 23.2 Å². The number of benzene rings is 3. The summed E-state index contributed by atoms with van der Waals surface area (Å²) in [6.45, 7) is 3.33. The number of quaternary nitrogens is 1. The number of hydrogen-bond donors (Lipinski definition) is 1. The summed E-state index contributed by atoms with van der Waals surface area (Å²) in [6.07, 6.45) is 0. The van der Waals surface area contributed by atoms with Crippen LogP contribution in [0.25, 0.3) is 0 Å². The molecular weight excluding hydrogens is 545 g/mol. The van der Waals surface area contributed by atoms with E-state index >= 15 is 0 Å². The summed E-state index contributed by atoms with van der Waals surface area (Å²) in [4.78, 5) is -0.0814. The summed E-state index contributed by atoms with van der Waals surface area (Å²) in [5, 5.41) is 12.0. The van der Waals surface area contributed by atoms with Crippen molar-refractivity contribution in [3.8, 4) is 5.75 Å². The van der Waals surface area contributed by atoms with Crippen LogP contribution in [-0.2, 0) is 10.0 Å². The second-order valence-corrected chi connectivity index (χ2v) is 12.8. The lowest BCUT2D eigenvalue weighted by atomic mass is 10.1. The average Bonchev–Trinajstić information content (AvgIpc) is 2.86. The molecule has 0 saturated heterocycles. The molecule has 1 unspecified atom stereocenters. The fraction of sp³-hybridized carbons (Fsp3) is 0.333. The van der Waals surface area contributed by atoms with E-state index in [2.05, 4.69) is 55.7 Å². The molecule has 3 aromatic rings. The van der Waals surface area contributed by atoms with Gasteiger partial charge in [-0.3, -0.25) is 4.48 Å². The molecule has 11 heteroatoms. The number of hydrogen-bond acceptors (Lipinski definition) is 6. The third-order valence-electron chi connectivity index (χ3n) is 5.86. The molecule has 204 valence electrons. The second kappa shape index (κ2) is 12.5. The van der Waals surface area contributed by atoms with Gasteiger partial charge in [0.25, 0.3) is 0 Å². The maximum absolute atomic E-state index is 12.4. The first-order valence-electron chi connectivity index (χ1n) is 12.0. The van der Waals surface area contributed by atoms with Gasteiger partial charge in [-0.1, -0.05) is 35.3 Å². The van der Waals surface area contributed by atoms with Crippen LogP contribution in [0.4, 0.5) is 17.1 Å². The summed E-state index contributed by atoms with van der Waals surface area (Å²) in [7, 11) is 5.51. The van der Waals surface area contributed by atoms with Gasteiger partial charge in [0.1, 0.15) is 28.6 Å². The first kappa shape index (κ1) is 30.0. The largest absolute Gasteiger partial charge is 0.492 e. The number of nitrogens with zero attached hydrogens (tertiary/aromatic N) is 4. The summed E-state index contributed by atoms with van der Waals surface area (Å²) < 4.78 is 32.5. The van der Waals surface area contributed by atoms with Gasteiger partial charge in [0, 0.05) is 38.8 Å². The summed E-state index contributed by atoms with van der Waals surface area (Å²) in [5.74, 6) is 0.849. The van der Waals surface area contributed by atoms with E-state index < -0.39 is 10.0 Å². The fourth-order valence-corrected chi connectivity index (χ4v) is 5.16. The van der Waals surface area contributed by atoms with Crippen LogP contribution in [0.5, 0.6) is 5.75 Å². The molecule has 1 N–H and O–H groups in total. The van der Waals surface area contributed by atoms with E-state index in [-0.39, 0.29) is 26.7 Å². The molecule has 8 nitrogen and oxygen atoms in total. The number of sulfonamides is 1. The van der Waals surface area contributed by atoms with Crippen LogP contribution in [0, 0.1) is 0 Å². The van der Waals surface area contributed by atoms with Crippen LogP contribution in [-0.4, -0.2) is 61.1 Å². The van der Waals surface area contributed by atoms with E-state index in [0.717, 1.165) is 20.1 Å². The van der Waals surface area contributed by atoms with E-state index in [1.54, 1.807) is 0 Å². The van der Waals surface area contributed by atoms with Crippen molar-refractivity contribution in [2.24, 2.45) is 10.2 Å². The van der Waals surface area contributed by atoms with Crippen molar-refractivity contribution in [2.75, 3.05) is 48.4 Å². The minimum absolute atomic E-state index is 0.0254. The van der Waals surface area contributed by atoms with Gasteiger partial charge < -0.3 is 10.1 Å². The van der Waals surface area contributed by atoms with Crippen molar-refractivity contribution in [3.05, 3.63) is 76.3 Å². The third kappa shape index (κ3) is 7.75. The van der Waals surface area contributed by atoms with Crippen molar-refractivity contribution in [1.29, 1.82) is 0 Å². The van der Waals surface area contributed by atoms with Crippen molar-refractivity contribution >= 4 is 50.3 Å². The molecule has 0 heterocycles. The molecule has 38 heavy (non-hydrogen) atoms. The molecule has 0 spiro atoms. The lowest BCUT2D eigenvalue weighted by molar-refractivity contribution is 0.307. The van der Waals surface area contributed by atoms with E-state index in [1.807, 2.05) is 36.4 Å². The Morgan fingerprint density at radius 1 is 0.947 bits per heavy atom. The maximum Gasteiger partial charge on any atom is 0.244 e. The predicted octanol–water partition coefficient (Wildman–Crippen LogP) is 6.59. The highest BCUT2D eigenvalue weighted by atomic mass is 35.5. The highest BCUT2D eigenvalue weighted by Crippen LogP contribution is 2.35. The van der Waals surface area contributed by atoms with Crippen LogP contribution < -0.4 is 14.5 Å². The molecule has 0 aliphatic heterocycles. The Morgan fingerprint density at radius 3 is 2.16 bits per heavy atom.